The highest BCUT2D eigenvalue weighted by Gasteiger charge is 2.35. The van der Waals surface area contributed by atoms with Crippen LogP contribution in [-0.4, -0.2) is 38.1 Å². The van der Waals surface area contributed by atoms with Gasteiger partial charge in [-0.25, -0.2) is 0 Å². The summed E-state index contributed by atoms with van der Waals surface area (Å²) in [4.78, 5) is 24.0. The van der Waals surface area contributed by atoms with Crippen LogP contribution in [0.3, 0.4) is 0 Å². The molecule has 3 rings (SSSR count). The number of carbonyl (C=O) groups excluding carboxylic acids is 2. The summed E-state index contributed by atoms with van der Waals surface area (Å²) >= 11 is 6.16. The zero-order valence-corrected chi connectivity index (χ0v) is 15.8. The van der Waals surface area contributed by atoms with Crippen molar-refractivity contribution in [3.05, 3.63) is 59.0 Å². The Morgan fingerprint density at radius 1 is 1.11 bits per heavy atom. The first-order chi connectivity index (χ1) is 13.1. The molecule has 1 saturated heterocycles. The van der Waals surface area contributed by atoms with Crippen molar-refractivity contribution in [2.75, 3.05) is 26.3 Å². The number of carbonyl (C=O) groups is 2. The van der Waals surface area contributed by atoms with E-state index in [4.69, 9.17) is 20.8 Å². The summed E-state index contributed by atoms with van der Waals surface area (Å²) < 4.78 is 10.5. The van der Waals surface area contributed by atoms with Crippen molar-refractivity contribution in [1.82, 2.24) is 10.6 Å². The highest BCUT2D eigenvalue weighted by atomic mass is 35.5. The smallest absolute Gasteiger partial charge is 0.286 e. The average molecular weight is 391 g/mol. The molecule has 1 aliphatic rings. The Balaban J connectivity index is 1.52. The fourth-order valence-electron chi connectivity index (χ4n) is 3.29. The van der Waals surface area contributed by atoms with Gasteiger partial charge in [-0.3, -0.25) is 9.59 Å². The molecule has 2 heterocycles. The van der Waals surface area contributed by atoms with E-state index in [1.807, 2.05) is 24.3 Å². The number of nitrogens with one attached hydrogen (secondary N) is 2. The van der Waals surface area contributed by atoms with Crippen LogP contribution in [0, 0.1) is 0 Å². The Bertz CT molecular complexity index is 770. The second-order valence-corrected chi connectivity index (χ2v) is 7.10. The van der Waals surface area contributed by atoms with E-state index in [1.54, 1.807) is 12.1 Å². The molecule has 0 spiro atoms. The SMILES string of the molecule is O=C(CCNC(=O)c1ccco1)NCC1(c2cccc(Cl)c2)CCOCC1. The molecule has 1 aromatic heterocycles. The maximum atomic E-state index is 12.3. The van der Waals surface area contributed by atoms with Gasteiger partial charge in [0.2, 0.25) is 5.91 Å². The van der Waals surface area contributed by atoms with Gasteiger partial charge in [0.25, 0.3) is 5.91 Å². The minimum absolute atomic E-state index is 0.109. The van der Waals surface area contributed by atoms with Crippen molar-refractivity contribution >= 4 is 23.4 Å². The molecular weight excluding hydrogens is 368 g/mol. The van der Waals surface area contributed by atoms with Gasteiger partial charge in [0.05, 0.1) is 6.26 Å². The highest BCUT2D eigenvalue weighted by Crippen LogP contribution is 2.35. The summed E-state index contributed by atoms with van der Waals surface area (Å²) in [6.07, 6.45) is 3.28. The molecule has 27 heavy (non-hydrogen) atoms. The van der Waals surface area contributed by atoms with Gasteiger partial charge in [-0.05, 0) is 42.7 Å². The summed E-state index contributed by atoms with van der Waals surface area (Å²) in [7, 11) is 0. The van der Waals surface area contributed by atoms with Crippen molar-refractivity contribution in [2.24, 2.45) is 0 Å². The standard InChI is InChI=1S/C20H23ClN2O4/c21-16-4-1-3-15(13-16)20(7-11-26-12-8-20)14-23-18(24)6-9-22-19(25)17-5-2-10-27-17/h1-5,10,13H,6-9,11-12,14H2,(H,22,25)(H,23,24). The van der Waals surface area contributed by atoms with E-state index < -0.39 is 0 Å². The summed E-state index contributed by atoms with van der Waals surface area (Å²) in [5.41, 5.74) is 0.931. The van der Waals surface area contributed by atoms with Gasteiger partial charge < -0.3 is 19.8 Å². The fraction of sp³-hybridized carbons (Fsp3) is 0.400. The largest absolute Gasteiger partial charge is 0.459 e. The molecule has 0 unspecified atom stereocenters. The van der Waals surface area contributed by atoms with Crippen LogP contribution in [0.2, 0.25) is 5.02 Å². The lowest BCUT2D eigenvalue weighted by molar-refractivity contribution is -0.121. The summed E-state index contributed by atoms with van der Waals surface area (Å²) in [5.74, 6) is -0.201. The van der Waals surface area contributed by atoms with Gasteiger partial charge in [-0.2, -0.15) is 0 Å². The van der Waals surface area contributed by atoms with Gasteiger partial charge in [0, 0.05) is 43.2 Å². The van der Waals surface area contributed by atoms with E-state index in [1.165, 1.54) is 6.26 Å². The Labute approximate surface area is 163 Å². The number of rotatable bonds is 7. The lowest BCUT2D eigenvalue weighted by Gasteiger charge is -2.38. The number of ether oxygens (including phenoxy) is 1. The van der Waals surface area contributed by atoms with Gasteiger partial charge in [0.15, 0.2) is 5.76 Å². The normalized spacial score (nSPS) is 15.9. The van der Waals surface area contributed by atoms with Crippen molar-refractivity contribution in [3.63, 3.8) is 0 Å². The molecule has 7 heteroatoms. The van der Waals surface area contributed by atoms with Crippen molar-refractivity contribution in [1.29, 1.82) is 0 Å². The number of halogens is 1. The van der Waals surface area contributed by atoms with Crippen LogP contribution in [0.1, 0.15) is 35.4 Å². The highest BCUT2D eigenvalue weighted by molar-refractivity contribution is 6.30. The maximum absolute atomic E-state index is 12.3. The van der Waals surface area contributed by atoms with Gasteiger partial charge in [-0.1, -0.05) is 23.7 Å². The molecule has 0 atom stereocenters. The predicted octanol–water partition coefficient (Wildman–Crippen LogP) is 2.92. The third-order valence-electron chi connectivity index (χ3n) is 4.89. The fourth-order valence-corrected chi connectivity index (χ4v) is 3.48. The number of furan rings is 1. The van der Waals surface area contributed by atoms with Crippen molar-refractivity contribution in [2.45, 2.75) is 24.7 Å². The van der Waals surface area contributed by atoms with E-state index in [0.29, 0.717) is 24.8 Å². The van der Waals surface area contributed by atoms with Crippen LogP contribution in [-0.2, 0) is 14.9 Å². The Morgan fingerprint density at radius 3 is 2.63 bits per heavy atom. The third kappa shape index (κ3) is 5.11. The van der Waals surface area contributed by atoms with Gasteiger partial charge in [-0.15, -0.1) is 0 Å². The lowest BCUT2D eigenvalue weighted by atomic mass is 9.74. The first-order valence-electron chi connectivity index (χ1n) is 9.01. The first-order valence-corrected chi connectivity index (χ1v) is 9.39. The monoisotopic (exact) mass is 390 g/mol. The third-order valence-corrected chi connectivity index (χ3v) is 5.13. The average Bonchev–Trinajstić information content (AvgIpc) is 3.22. The predicted molar refractivity (Wildman–Crippen MR) is 102 cm³/mol. The van der Waals surface area contributed by atoms with Crippen molar-refractivity contribution < 1.29 is 18.7 Å². The molecule has 2 amide bonds. The first kappa shape index (κ1) is 19.5. The van der Waals surface area contributed by atoms with E-state index in [0.717, 1.165) is 18.4 Å². The quantitative estimate of drug-likeness (QED) is 0.761. The topological polar surface area (TPSA) is 80.6 Å². The molecule has 2 N–H and O–H groups in total. The molecular formula is C20H23ClN2O4. The number of benzene rings is 1. The molecule has 144 valence electrons. The molecule has 0 bridgehead atoms. The van der Waals surface area contributed by atoms with Crippen LogP contribution in [0.4, 0.5) is 0 Å². The zero-order chi connectivity index (χ0) is 19.1. The summed E-state index contributed by atoms with van der Waals surface area (Å²) in [6.45, 7) is 2.07. The van der Waals surface area contributed by atoms with E-state index in [9.17, 15) is 9.59 Å². The number of amides is 2. The Kier molecular flexibility index (Phi) is 6.53. The molecule has 1 aliphatic heterocycles. The number of hydrogen-bond acceptors (Lipinski definition) is 4. The minimum atomic E-state index is -0.326. The molecule has 0 saturated carbocycles. The molecule has 0 radical (unpaired) electrons. The Hall–Kier alpha value is -2.31. The van der Waals surface area contributed by atoms with Crippen LogP contribution < -0.4 is 10.6 Å². The molecule has 1 aromatic carbocycles. The van der Waals surface area contributed by atoms with E-state index in [-0.39, 0.29) is 36.0 Å². The van der Waals surface area contributed by atoms with E-state index >= 15 is 0 Å². The van der Waals surface area contributed by atoms with Gasteiger partial charge >= 0.3 is 0 Å². The molecule has 2 aromatic rings. The second-order valence-electron chi connectivity index (χ2n) is 6.66. The van der Waals surface area contributed by atoms with Crippen LogP contribution in [0.25, 0.3) is 0 Å². The molecule has 1 fully saturated rings. The second kappa shape index (κ2) is 9.06. The summed E-state index contributed by atoms with van der Waals surface area (Å²) in [5, 5.41) is 6.36. The maximum Gasteiger partial charge on any atom is 0.286 e. The lowest BCUT2D eigenvalue weighted by Crippen LogP contribution is -2.45. The van der Waals surface area contributed by atoms with Crippen molar-refractivity contribution in [3.8, 4) is 0 Å². The zero-order valence-electron chi connectivity index (χ0n) is 15.0. The molecule has 6 nitrogen and oxygen atoms in total. The van der Waals surface area contributed by atoms with E-state index in [2.05, 4.69) is 10.6 Å². The minimum Gasteiger partial charge on any atom is -0.459 e. The van der Waals surface area contributed by atoms with Crippen LogP contribution in [0.5, 0.6) is 0 Å². The summed E-state index contributed by atoms with van der Waals surface area (Å²) in [6, 6.07) is 11.0. The van der Waals surface area contributed by atoms with Crippen LogP contribution >= 0.6 is 11.6 Å². The Morgan fingerprint density at radius 2 is 1.93 bits per heavy atom. The molecule has 0 aliphatic carbocycles. The van der Waals surface area contributed by atoms with Gasteiger partial charge in [0.1, 0.15) is 0 Å². The van der Waals surface area contributed by atoms with Crippen LogP contribution in [0.15, 0.2) is 47.1 Å². The number of hydrogen-bond donors (Lipinski definition) is 2.